The molecule has 0 aliphatic carbocycles. The number of carbonyl (C=O) groups excluding carboxylic acids is 1. The second-order valence-electron chi connectivity index (χ2n) is 5.38. The third kappa shape index (κ3) is 3.83. The number of ether oxygens (including phenoxy) is 3. The fourth-order valence-electron chi connectivity index (χ4n) is 2.48. The molecule has 0 bridgehead atoms. The lowest BCUT2D eigenvalue weighted by Gasteiger charge is -2.13. The molecule has 0 atom stereocenters. The summed E-state index contributed by atoms with van der Waals surface area (Å²) in [5, 5.41) is 11.0. The summed E-state index contributed by atoms with van der Waals surface area (Å²) in [5.41, 5.74) is 1.25. The van der Waals surface area contributed by atoms with E-state index in [0.717, 1.165) is 0 Å². The molecule has 0 aromatic heterocycles. The Labute approximate surface area is 151 Å². The molecule has 136 valence electrons. The van der Waals surface area contributed by atoms with Gasteiger partial charge in [0.25, 0.3) is 5.69 Å². The van der Waals surface area contributed by atoms with Crippen LogP contribution in [0.1, 0.15) is 21.5 Å². The van der Waals surface area contributed by atoms with Crippen LogP contribution in [0.3, 0.4) is 0 Å². The highest BCUT2D eigenvalue weighted by Gasteiger charge is 2.16. The number of nitro benzene ring substituents is 1. The number of nitro groups is 1. The highest BCUT2D eigenvalue weighted by molar-refractivity contribution is 6.07. The first-order valence-electron chi connectivity index (χ1n) is 7.69. The summed E-state index contributed by atoms with van der Waals surface area (Å²) >= 11 is 0. The largest absolute Gasteiger partial charge is 0.493 e. The lowest BCUT2D eigenvalue weighted by Crippen LogP contribution is -1.99. The normalized spacial score (nSPS) is 10.6. The van der Waals surface area contributed by atoms with Crippen molar-refractivity contribution in [1.29, 1.82) is 0 Å². The van der Waals surface area contributed by atoms with Crippen LogP contribution in [0.2, 0.25) is 0 Å². The molecule has 0 N–H and O–H groups in total. The first-order valence-corrected chi connectivity index (χ1v) is 7.69. The Morgan fingerprint density at radius 1 is 1.04 bits per heavy atom. The zero-order valence-electron chi connectivity index (χ0n) is 14.9. The van der Waals surface area contributed by atoms with Crippen molar-refractivity contribution in [1.82, 2.24) is 0 Å². The van der Waals surface area contributed by atoms with Gasteiger partial charge in [-0.1, -0.05) is 12.1 Å². The number of benzene rings is 2. The van der Waals surface area contributed by atoms with Gasteiger partial charge in [-0.05, 0) is 31.2 Å². The van der Waals surface area contributed by atoms with Gasteiger partial charge in [0, 0.05) is 22.8 Å². The maximum absolute atomic E-state index is 12.4. The number of methoxy groups -OCH3 is 3. The molecule has 2 aromatic carbocycles. The topological polar surface area (TPSA) is 87.9 Å². The van der Waals surface area contributed by atoms with Gasteiger partial charge in [-0.25, -0.2) is 0 Å². The zero-order chi connectivity index (χ0) is 19.3. The molecule has 0 unspecified atom stereocenters. The first-order chi connectivity index (χ1) is 12.4. The highest BCUT2D eigenvalue weighted by Crippen LogP contribution is 2.40. The molecule has 7 heteroatoms. The second kappa shape index (κ2) is 8.15. The van der Waals surface area contributed by atoms with Crippen LogP contribution < -0.4 is 14.2 Å². The third-order valence-electron chi connectivity index (χ3n) is 3.84. The van der Waals surface area contributed by atoms with Gasteiger partial charge < -0.3 is 14.2 Å². The maximum Gasteiger partial charge on any atom is 0.273 e. The van der Waals surface area contributed by atoms with E-state index in [2.05, 4.69) is 0 Å². The predicted octanol–water partition coefficient (Wildman–Crippen LogP) is 3.83. The average Bonchev–Trinajstić information content (AvgIpc) is 2.65. The Hall–Kier alpha value is -3.35. The van der Waals surface area contributed by atoms with Crippen LogP contribution in [0.25, 0.3) is 6.08 Å². The molecule has 0 amide bonds. The van der Waals surface area contributed by atoms with Crippen molar-refractivity contribution < 1.29 is 23.9 Å². The lowest BCUT2D eigenvalue weighted by molar-refractivity contribution is -0.385. The number of nitrogens with zero attached hydrogens (tertiary/aromatic N) is 1. The fourth-order valence-corrected chi connectivity index (χ4v) is 2.48. The molecule has 0 spiro atoms. The van der Waals surface area contributed by atoms with Crippen LogP contribution in [0.4, 0.5) is 5.69 Å². The molecule has 0 aliphatic rings. The number of hydrogen-bond donors (Lipinski definition) is 0. The Morgan fingerprint density at radius 3 is 2.31 bits per heavy atom. The van der Waals surface area contributed by atoms with Gasteiger partial charge >= 0.3 is 0 Å². The lowest BCUT2D eigenvalue weighted by atomic mass is 10.1. The van der Waals surface area contributed by atoms with Crippen LogP contribution in [0.15, 0.2) is 36.4 Å². The minimum atomic E-state index is -0.507. The number of aryl methyl sites for hydroxylation is 1. The average molecular weight is 357 g/mol. The number of allylic oxidation sites excluding steroid dienone is 1. The summed E-state index contributed by atoms with van der Waals surface area (Å²) in [6.07, 6.45) is 2.90. The van der Waals surface area contributed by atoms with Crippen molar-refractivity contribution >= 4 is 17.5 Å². The second-order valence-corrected chi connectivity index (χ2v) is 5.38. The van der Waals surface area contributed by atoms with E-state index in [0.29, 0.717) is 28.4 Å². The summed E-state index contributed by atoms with van der Waals surface area (Å²) in [7, 11) is 4.49. The Morgan fingerprint density at radius 2 is 1.73 bits per heavy atom. The zero-order valence-corrected chi connectivity index (χ0v) is 14.9. The molecule has 2 rings (SSSR count). The molecular weight excluding hydrogens is 338 g/mol. The van der Waals surface area contributed by atoms with E-state index < -0.39 is 4.92 Å². The van der Waals surface area contributed by atoms with Gasteiger partial charge in [-0.2, -0.15) is 0 Å². The van der Waals surface area contributed by atoms with Crippen molar-refractivity contribution in [3.8, 4) is 17.2 Å². The predicted molar refractivity (Wildman–Crippen MR) is 97.3 cm³/mol. The van der Waals surface area contributed by atoms with E-state index in [1.807, 2.05) is 0 Å². The maximum atomic E-state index is 12.4. The molecule has 0 aliphatic heterocycles. The first kappa shape index (κ1) is 19.0. The van der Waals surface area contributed by atoms with E-state index in [-0.39, 0.29) is 17.0 Å². The van der Waals surface area contributed by atoms with E-state index in [1.165, 1.54) is 33.5 Å². The van der Waals surface area contributed by atoms with Gasteiger partial charge in [-0.3, -0.25) is 14.9 Å². The molecule has 0 radical (unpaired) electrons. The van der Waals surface area contributed by atoms with Crippen molar-refractivity contribution in [2.24, 2.45) is 0 Å². The Bertz CT molecular complexity index is 873. The number of carbonyl (C=O) groups is 1. The molecule has 26 heavy (non-hydrogen) atoms. The summed E-state index contributed by atoms with van der Waals surface area (Å²) in [5.74, 6) is 0.980. The van der Waals surface area contributed by atoms with Gasteiger partial charge in [0.2, 0.25) is 5.75 Å². The van der Waals surface area contributed by atoms with Crippen LogP contribution in [0, 0.1) is 17.0 Å². The molecule has 0 saturated heterocycles. The standard InChI is InChI=1S/C19H19NO6/c1-12-5-6-14(11-15(12)20(22)23)16(21)9-7-13-8-10-17(24-2)19(26-4)18(13)25-3/h5-11H,1-4H3/b9-7+. The minimum Gasteiger partial charge on any atom is -0.493 e. The molecular formula is C19H19NO6. The van der Waals surface area contributed by atoms with Crippen molar-refractivity contribution in [3.63, 3.8) is 0 Å². The van der Waals surface area contributed by atoms with Crippen molar-refractivity contribution in [3.05, 3.63) is 63.2 Å². The molecule has 0 fully saturated rings. The molecule has 2 aromatic rings. The van der Waals surface area contributed by atoms with Crippen LogP contribution in [-0.2, 0) is 0 Å². The molecule has 0 heterocycles. The molecule has 7 nitrogen and oxygen atoms in total. The van der Waals surface area contributed by atoms with Gasteiger partial charge in [0.1, 0.15) is 0 Å². The quantitative estimate of drug-likeness (QED) is 0.324. The third-order valence-corrected chi connectivity index (χ3v) is 3.84. The summed E-state index contributed by atoms with van der Waals surface area (Å²) in [6, 6.07) is 7.80. The molecule has 0 saturated carbocycles. The van der Waals surface area contributed by atoms with E-state index in [9.17, 15) is 14.9 Å². The van der Waals surface area contributed by atoms with Crippen LogP contribution in [0.5, 0.6) is 17.2 Å². The van der Waals surface area contributed by atoms with Crippen molar-refractivity contribution in [2.75, 3.05) is 21.3 Å². The van der Waals surface area contributed by atoms with Crippen molar-refractivity contribution in [2.45, 2.75) is 6.92 Å². The van der Waals surface area contributed by atoms with Crippen LogP contribution >= 0.6 is 0 Å². The highest BCUT2D eigenvalue weighted by atomic mass is 16.6. The number of ketones is 1. The van der Waals surface area contributed by atoms with Gasteiger partial charge in [0.15, 0.2) is 17.3 Å². The monoisotopic (exact) mass is 357 g/mol. The van der Waals surface area contributed by atoms with E-state index >= 15 is 0 Å². The summed E-state index contributed by atoms with van der Waals surface area (Å²) in [6.45, 7) is 1.62. The fraction of sp³-hybridized carbons (Fsp3) is 0.211. The smallest absolute Gasteiger partial charge is 0.273 e. The van der Waals surface area contributed by atoms with E-state index in [1.54, 1.807) is 37.3 Å². The summed E-state index contributed by atoms with van der Waals surface area (Å²) in [4.78, 5) is 22.9. The summed E-state index contributed by atoms with van der Waals surface area (Å²) < 4.78 is 15.9. The number of hydrogen-bond acceptors (Lipinski definition) is 6. The SMILES string of the molecule is COc1ccc(/C=C/C(=O)c2ccc(C)c([N+](=O)[O-])c2)c(OC)c1OC. The Kier molecular flexibility index (Phi) is 5.95. The van der Waals surface area contributed by atoms with Crippen LogP contribution in [-0.4, -0.2) is 32.0 Å². The number of rotatable bonds is 7. The Balaban J connectivity index is 2.37. The van der Waals surface area contributed by atoms with Gasteiger partial charge in [0.05, 0.1) is 26.3 Å². The van der Waals surface area contributed by atoms with E-state index in [4.69, 9.17) is 14.2 Å². The minimum absolute atomic E-state index is 0.0899. The van der Waals surface area contributed by atoms with Gasteiger partial charge in [-0.15, -0.1) is 0 Å².